The van der Waals surface area contributed by atoms with Gasteiger partial charge in [-0.05, 0) is 24.0 Å². The maximum atomic E-state index is 11.4. The molecule has 0 atom stereocenters. The Morgan fingerprint density at radius 2 is 1.80 bits per heavy atom. The molecule has 108 valence electrons. The highest BCUT2D eigenvalue weighted by atomic mass is 16.5. The highest BCUT2D eigenvalue weighted by Crippen LogP contribution is 2.07. The van der Waals surface area contributed by atoms with Crippen molar-refractivity contribution in [3.63, 3.8) is 0 Å². The first-order valence-corrected chi connectivity index (χ1v) is 6.70. The molecular weight excluding hydrogens is 256 g/mol. The predicted molar refractivity (Wildman–Crippen MR) is 77.3 cm³/mol. The van der Waals surface area contributed by atoms with E-state index in [9.17, 15) is 9.59 Å². The zero-order valence-corrected chi connectivity index (χ0v) is 11.5. The third-order valence-corrected chi connectivity index (χ3v) is 2.89. The van der Waals surface area contributed by atoms with Gasteiger partial charge >= 0.3 is 11.9 Å². The molecule has 0 aliphatic rings. The van der Waals surface area contributed by atoms with Gasteiger partial charge in [0.2, 0.25) is 0 Å². The summed E-state index contributed by atoms with van der Waals surface area (Å²) in [5, 5.41) is 8.46. The fourth-order valence-corrected chi connectivity index (χ4v) is 1.72. The van der Waals surface area contributed by atoms with Crippen LogP contribution < -0.4 is 0 Å². The summed E-state index contributed by atoms with van der Waals surface area (Å²) in [4.78, 5) is 21.7. The van der Waals surface area contributed by atoms with Crippen molar-refractivity contribution in [1.29, 1.82) is 0 Å². The maximum absolute atomic E-state index is 11.4. The predicted octanol–water partition coefficient (Wildman–Crippen LogP) is 3.06. The van der Waals surface area contributed by atoms with Gasteiger partial charge in [0.05, 0.1) is 6.61 Å². The number of esters is 1. The molecule has 0 fully saturated rings. The van der Waals surface area contributed by atoms with E-state index in [1.165, 1.54) is 0 Å². The van der Waals surface area contributed by atoms with E-state index in [-0.39, 0.29) is 18.8 Å². The van der Waals surface area contributed by atoms with Crippen molar-refractivity contribution in [2.24, 2.45) is 0 Å². The zero-order chi connectivity index (χ0) is 14.8. The van der Waals surface area contributed by atoms with E-state index in [4.69, 9.17) is 9.84 Å². The van der Waals surface area contributed by atoms with Crippen LogP contribution in [0.25, 0.3) is 6.08 Å². The minimum Gasteiger partial charge on any atom is -0.481 e. The Bertz CT molecular complexity index is 448. The van der Waals surface area contributed by atoms with Crippen LogP contribution in [0.4, 0.5) is 0 Å². The van der Waals surface area contributed by atoms with Gasteiger partial charge in [-0.2, -0.15) is 0 Å². The Hall–Kier alpha value is -2.10. The number of hydrogen-bond acceptors (Lipinski definition) is 3. The third-order valence-electron chi connectivity index (χ3n) is 2.89. The van der Waals surface area contributed by atoms with Gasteiger partial charge in [-0.3, -0.25) is 9.59 Å². The smallest absolute Gasteiger partial charge is 0.305 e. The average molecular weight is 276 g/mol. The lowest BCUT2D eigenvalue weighted by molar-refractivity contribution is -0.144. The lowest BCUT2D eigenvalue weighted by Crippen LogP contribution is -2.07. The largest absolute Gasteiger partial charge is 0.481 e. The van der Waals surface area contributed by atoms with Gasteiger partial charge in [0.15, 0.2) is 0 Å². The first kappa shape index (κ1) is 16.0. The molecule has 0 spiro atoms. The molecule has 1 aromatic carbocycles. The number of unbranched alkanes of at least 4 members (excludes halogenated alkanes) is 1. The van der Waals surface area contributed by atoms with E-state index in [1.807, 2.05) is 24.3 Å². The Labute approximate surface area is 119 Å². The molecule has 4 nitrogen and oxygen atoms in total. The summed E-state index contributed by atoms with van der Waals surface area (Å²) in [7, 11) is 0. The molecule has 0 unspecified atom stereocenters. The van der Waals surface area contributed by atoms with Crippen molar-refractivity contribution in [1.82, 2.24) is 0 Å². The quantitative estimate of drug-likeness (QED) is 0.556. The molecule has 0 heterocycles. The standard InChI is InChI=1S/C16H20O4/c1-2-13-7-9-14(10-8-13)11-12-20-16(19)6-4-3-5-15(17)18/h2,7-10H,1,3-6,11-12H2,(H,17,18). The van der Waals surface area contributed by atoms with Crippen molar-refractivity contribution in [3.8, 4) is 0 Å². The molecule has 0 bridgehead atoms. The number of ether oxygens (including phenoxy) is 1. The van der Waals surface area contributed by atoms with E-state index in [0.29, 0.717) is 25.9 Å². The van der Waals surface area contributed by atoms with Crippen molar-refractivity contribution in [3.05, 3.63) is 42.0 Å². The second-order valence-electron chi connectivity index (χ2n) is 4.52. The number of aliphatic carboxylic acids is 1. The topological polar surface area (TPSA) is 63.6 Å². The van der Waals surface area contributed by atoms with Gasteiger partial charge in [0.25, 0.3) is 0 Å². The number of rotatable bonds is 9. The number of hydrogen-bond donors (Lipinski definition) is 1. The molecule has 0 amide bonds. The molecule has 0 saturated heterocycles. The molecule has 4 heteroatoms. The molecular formula is C16H20O4. The van der Waals surface area contributed by atoms with E-state index in [0.717, 1.165) is 11.1 Å². The van der Waals surface area contributed by atoms with Gasteiger partial charge in [-0.25, -0.2) is 0 Å². The number of benzene rings is 1. The highest BCUT2D eigenvalue weighted by Gasteiger charge is 2.04. The highest BCUT2D eigenvalue weighted by molar-refractivity contribution is 5.69. The molecule has 20 heavy (non-hydrogen) atoms. The van der Waals surface area contributed by atoms with Gasteiger partial charge in [0, 0.05) is 19.3 Å². The fourth-order valence-electron chi connectivity index (χ4n) is 1.72. The lowest BCUT2D eigenvalue weighted by Gasteiger charge is -2.05. The normalized spacial score (nSPS) is 10.0. The SMILES string of the molecule is C=Cc1ccc(CCOC(=O)CCCCC(=O)O)cc1. The molecule has 1 aromatic rings. The Balaban J connectivity index is 2.14. The van der Waals surface area contributed by atoms with Crippen molar-refractivity contribution in [2.45, 2.75) is 32.1 Å². The Morgan fingerprint density at radius 3 is 2.40 bits per heavy atom. The first-order valence-electron chi connectivity index (χ1n) is 6.70. The fraction of sp³-hybridized carbons (Fsp3) is 0.375. The van der Waals surface area contributed by atoms with Crippen molar-refractivity contribution < 1.29 is 19.4 Å². The van der Waals surface area contributed by atoms with Crippen LogP contribution >= 0.6 is 0 Å². The molecule has 1 N–H and O–H groups in total. The number of carboxylic acid groups (broad SMARTS) is 1. The summed E-state index contributed by atoms with van der Waals surface area (Å²) in [5.41, 5.74) is 2.17. The van der Waals surface area contributed by atoms with Crippen LogP contribution in [0.5, 0.6) is 0 Å². The lowest BCUT2D eigenvalue weighted by atomic mass is 10.1. The summed E-state index contributed by atoms with van der Waals surface area (Å²) in [6.07, 6.45) is 3.90. The van der Waals surface area contributed by atoms with Crippen molar-refractivity contribution in [2.75, 3.05) is 6.61 Å². The van der Waals surface area contributed by atoms with Crippen LogP contribution in [0.15, 0.2) is 30.8 Å². The second kappa shape index (κ2) is 8.91. The van der Waals surface area contributed by atoms with Crippen LogP contribution in [0.1, 0.15) is 36.8 Å². The summed E-state index contributed by atoms with van der Waals surface area (Å²) >= 11 is 0. The zero-order valence-electron chi connectivity index (χ0n) is 11.5. The molecule has 0 aromatic heterocycles. The molecule has 1 rings (SSSR count). The summed E-state index contributed by atoms with van der Waals surface area (Å²) in [6, 6.07) is 7.90. The van der Waals surface area contributed by atoms with E-state index < -0.39 is 5.97 Å². The number of carboxylic acids is 1. The summed E-state index contributed by atoms with van der Waals surface area (Å²) < 4.78 is 5.10. The van der Waals surface area contributed by atoms with Crippen LogP contribution in [0, 0.1) is 0 Å². The minimum absolute atomic E-state index is 0.100. The van der Waals surface area contributed by atoms with Crippen LogP contribution in [0.3, 0.4) is 0 Å². The van der Waals surface area contributed by atoms with Crippen molar-refractivity contribution >= 4 is 18.0 Å². The Morgan fingerprint density at radius 1 is 1.15 bits per heavy atom. The van der Waals surface area contributed by atoms with Gasteiger partial charge in [-0.1, -0.05) is 36.9 Å². The molecule has 0 saturated carbocycles. The second-order valence-corrected chi connectivity index (χ2v) is 4.52. The summed E-state index contributed by atoms with van der Waals surface area (Å²) in [5.74, 6) is -1.10. The minimum atomic E-state index is -0.832. The van der Waals surface area contributed by atoms with Gasteiger partial charge < -0.3 is 9.84 Å². The van der Waals surface area contributed by atoms with E-state index in [2.05, 4.69) is 6.58 Å². The van der Waals surface area contributed by atoms with Crippen LogP contribution in [-0.2, 0) is 20.7 Å². The molecule has 0 aliphatic heterocycles. The monoisotopic (exact) mass is 276 g/mol. The van der Waals surface area contributed by atoms with Crippen LogP contribution in [-0.4, -0.2) is 23.7 Å². The van der Waals surface area contributed by atoms with Gasteiger partial charge in [-0.15, -0.1) is 0 Å². The molecule has 0 aliphatic carbocycles. The Kier molecular flexibility index (Phi) is 7.11. The summed E-state index contributed by atoms with van der Waals surface area (Å²) in [6.45, 7) is 4.04. The molecule has 0 radical (unpaired) electrons. The van der Waals surface area contributed by atoms with E-state index >= 15 is 0 Å². The third kappa shape index (κ3) is 6.73. The maximum Gasteiger partial charge on any atom is 0.305 e. The van der Waals surface area contributed by atoms with E-state index in [1.54, 1.807) is 6.08 Å². The van der Waals surface area contributed by atoms with Gasteiger partial charge in [0.1, 0.15) is 0 Å². The number of carbonyl (C=O) groups excluding carboxylic acids is 1. The average Bonchev–Trinajstić information content (AvgIpc) is 2.44. The van der Waals surface area contributed by atoms with Crippen LogP contribution in [0.2, 0.25) is 0 Å². The number of carbonyl (C=O) groups is 2. The first-order chi connectivity index (χ1) is 9.61.